The van der Waals surface area contributed by atoms with Crippen LogP contribution in [0.15, 0.2) is 24.3 Å². The van der Waals surface area contributed by atoms with Crippen molar-refractivity contribution in [2.45, 2.75) is 39.2 Å². The van der Waals surface area contributed by atoms with E-state index in [2.05, 4.69) is 10.6 Å². The Hall–Kier alpha value is -1.88. The van der Waals surface area contributed by atoms with E-state index in [1.807, 2.05) is 32.0 Å². The molecular formula is C15H22N2O3. The molecular weight excluding hydrogens is 256 g/mol. The van der Waals surface area contributed by atoms with Crippen molar-refractivity contribution in [3.8, 4) is 0 Å². The van der Waals surface area contributed by atoms with E-state index in [1.54, 1.807) is 13.0 Å². The van der Waals surface area contributed by atoms with E-state index < -0.39 is 17.9 Å². The highest BCUT2D eigenvalue weighted by molar-refractivity contribution is 6.39. The SMILES string of the molecule is CC(O)CCNC(=O)C(=O)Nc1ccccc1C(C)C. The van der Waals surface area contributed by atoms with Gasteiger partial charge in [0.1, 0.15) is 0 Å². The first-order valence-electron chi connectivity index (χ1n) is 6.78. The summed E-state index contributed by atoms with van der Waals surface area (Å²) in [5.74, 6) is -1.13. The lowest BCUT2D eigenvalue weighted by Gasteiger charge is -2.13. The summed E-state index contributed by atoms with van der Waals surface area (Å²) >= 11 is 0. The number of para-hydroxylation sites is 1. The maximum atomic E-state index is 11.8. The van der Waals surface area contributed by atoms with Crippen molar-refractivity contribution in [3.05, 3.63) is 29.8 Å². The van der Waals surface area contributed by atoms with Crippen molar-refractivity contribution in [1.82, 2.24) is 5.32 Å². The number of aliphatic hydroxyl groups excluding tert-OH is 1. The van der Waals surface area contributed by atoms with Crippen LogP contribution in [-0.2, 0) is 9.59 Å². The monoisotopic (exact) mass is 278 g/mol. The molecule has 1 aromatic rings. The van der Waals surface area contributed by atoms with Gasteiger partial charge in [0.2, 0.25) is 0 Å². The van der Waals surface area contributed by atoms with Crippen molar-refractivity contribution < 1.29 is 14.7 Å². The Kier molecular flexibility index (Phi) is 6.18. The smallest absolute Gasteiger partial charge is 0.313 e. The molecule has 5 nitrogen and oxygen atoms in total. The summed E-state index contributed by atoms with van der Waals surface area (Å²) in [6, 6.07) is 7.41. The highest BCUT2D eigenvalue weighted by Gasteiger charge is 2.15. The average Bonchev–Trinajstić information content (AvgIpc) is 2.38. The molecule has 0 heterocycles. The highest BCUT2D eigenvalue weighted by atomic mass is 16.3. The predicted molar refractivity (Wildman–Crippen MR) is 78.5 cm³/mol. The average molecular weight is 278 g/mol. The number of benzene rings is 1. The van der Waals surface area contributed by atoms with Crippen LogP contribution in [0.1, 0.15) is 38.7 Å². The summed E-state index contributed by atoms with van der Waals surface area (Å²) in [6.45, 7) is 5.95. The van der Waals surface area contributed by atoms with E-state index in [4.69, 9.17) is 5.11 Å². The summed E-state index contributed by atoms with van der Waals surface area (Å²) in [5.41, 5.74) is 1.64. The topological polar surface area (TPSA) is 78.4 Å². The van der Waals surface area contributed by atoms with Crippen LogP contribution >= 0.6 is 0 Å². The number of carbonyl (C=O) groups is 2. The molecule has 20 heavy (non-hydrogen) atoms. The molecule has 110 valence electrons. The summed E-state index contributed by atoms with van der Waals surface area (Å²) in [5, 5.41) is 14.2. The molecule has 0 bridgehead atoms. The third-order valence-electron chi connectivity index (χ3n) is 2.88. The molecule has 2 amide bonds. The number of hydrogen-bond acceptors (Lipinski definition) is 3. The normalized spacial score (nSPS) is 12.1. The third kappa shape index (κ3) is 5.01. The van der Waals surface area contributed by atoms with Gasteiger partial charge in [-0.25, -0.2) is 0 Å². The standard InChI is InChI=1S/C15H22N2O3/c1-10(2)12-6-4-5-7-13(12)17-15(20)14(19)16-9-8-11(3)18/h4-7,10-11,18H,8-9H2,1-3H3,(H,16,19)(H,17,20). The number of amides is 2. The van der Waals surface area contributed by atoms with E-state index in [9.17, 15) is 9.59 Å². The molecule has 0 aliphatic rings. The van der Waals surface area contributed by atoms with Crippen LogP contribution in [0.2, 0.25) is 0 Å². The third-order valence-corrected chi connectivity index (χ3v) is 2.88. The van der Waals surface area contributed by atoms with Gasteiger partial charge in [-0.1, -0.05) is 32.0 Å². The first kappa shape index (κ1) is 16.2. The number of anilines is 1. The van der Waals surface area contributed by atoms with Gasteiger partial charge in [-0.3, -0.25) is 9.59 Å². The van der Waals surface area contributed by atoms with Gasteiger partial charge in [0.05, 0.1) is 6.10 Å². The molecule has 1 aromatic carbocycles. The lowest BCUT2D eigenvalue weighted by Crippen LogP contribution is -2.36. The molecule has 0 aliphatic heterocycles. The second-order valence-electron chi connectivity index (χ2n) is 5.09. The van der Waals surface area contributed by atoms with Crippen LogP contribution in [0.25, 0.3) is 0 Å². The number of aliphatic hydroxyl groups is 1. The number of hydrogen-bond donors (Lipinski definition) is 3. The van der Waals surface area contributed by atoms with Gasteiger partial charge in [0.25, 0.3) is 0 Å². The Labute approximate surface area is 119 Å². The Morgan fingerprint density at radius 2 is 1.80 bits per heavy atom. The van der Waals surface area contributed by atoms with Crippen molar-refractivity contribution >= 4 is 17.5 Å². The second-order valence-corrected chi connectivity index (χ2v) is 5.09. The van der Waals surface area contributed by atoms with E-state index in [1.165, 1.54) is 0 Å². The molecule has 5 heteroatoms. The van der Waals surface area contributed by atoms with Crippen LogP contribution < -0.4 is 10.6 Å². The number of carbonyl (C=O) groups excluding carboxylic acids is 2. The van der Waals surface area contributed by atoms with Crippen LogP contribution in [0.5, 0.6) is 0 Å². The summed E-state index contributed by atoms with van der Waals surface area (Å²) in [4.78, 5) is 23.4. The lowest BCUT2D eigenvalue weighted by molar-refractivity contribution is -0.136. The van der Waals surface area contributed by atoms with Gasteiger partial charge in [-0.2, -0.15) is 0 Å². The maximum absolute atomic E-state index is 11.8. The fraction of sp³-hybridized carbons (Fsp3) is 0.467. The molecule has 0 spiro atoms. The Bertz CT molecular complexity index is 470. The zero-order valence-corrected chi connectivity index (χ0v) is 12.1. The minimum atomic E-state index is -0.691. The molecule has 0 fully saturated rings. The summed E-state index contributed by atoms with van der Waals surface area (Å²) < 4.78 is 0. The Balaban J connectivity index is 2.60. The van der Waals surface area contributed by atoms with Crippen molar-refractivity contribution in [3.63, 3.8) is 0 Å². The van der Waals surface area contributed by atoms with E-state index >= 15 is 0 Å². The second kappa shape index (κ2) is 7.65. The molecule has 0 saturated heterocycles. The van der Waals surface area contributed by atoms with E-state index in [0.29, 0.717) is 12.1 Å². The quantitative estimate of drug-likeness (QED) is 0.716. The summed E-state index contributed by atoms with van der Waals surface area (Å²) in [7, 11) is 0. The Morgan fingerprint density at radius 1 is 1.15 bits per heavy atom. The van der Waals surface area contributed by atoms with Gasteiger partial charge in [-0.15, -0.1) is 0 Å². The minimum absolute atomic E-state index is 0.254. The molecule has 1 atom stereocenters. The Morgan fingerprint density at radius 3 is 2.40 bits per heavy atom. The van der Waals surface area contributed by atoms with Crippen molar-refractivity contribution in [2.75, 3.05) is 11.9 Å². The van der Waals surface area contributed by atoms with E-state index in [-0.39, 0.29) is 12.5 Å². The fourth-order valence-corrected chi connectivity index (χ4v) is 1.77. The van der Waals surface area contributed by atoms with Crippen molar-refractivity contribution in [1.29, 1.82) is 0 Å². The molecule has 1 rings (SSSR count). The number of rotatable bonds is 5. The summed E-state index contributed by atoms with van der Waals surface area (Å²) in [6.07, 6.45) is -0.0817. The molecule has 0 radical (unpaired) electrons. The maximum Gasteiger partial charge on any atom is 0.313 e. The van der Waals surface area contributed by atoms with Gasteiger partial charge in [0.15, 0.2) is 0 Å². The zero-order chi connectivity index (χ0) is 15.1. The first-order chi connectivity index (χ1) is 9.41. The predicted octanol–water partition coefficient (Wildman–Crippen LogP) is 1.64. The van der Waals surface area contributed by atoms with Crippen molar-refractivity contribution in [2.24, 2.45) is 0 Å². The van der Waals surface area contributed by atoms with Gasteiger partial charge >= 0.3 is 11.8 Å². The molecule has 1 unspecified atom stereocenters. The molecule has 0 aromatic heterocycles. The van der Waals surface area contributed by atoms with Gasteiger partial charge in [-0.05, 0) is 30.9 Å². The van der Waals surface area contributed by atoms with Gasteiger partial charge < -0.3 is 15.7 Å². The van der Waals surface area contributed by atoms with Gasteiger partial charge in [0, 0.05) is 12.2 Å². The lowest BCUT2D eigenvalue weighted by atomic mass is 10.0. The fourth-order valence-electron chi connectivity index (χ4n) is 1.77. The van der Waals surface area contributed by atoms with Crippen LogP contribution in [0, 0.1) is 0 Å². The van der Waals surface area contributed by atoms with Crippen LogP contribution in [0.3, 0.4) is 0 Å². The molecule has 3 N–H and O–H groups in total. The van der Waals surface area contributed by atoms with Crippen LogP contribution in [-0.4, -0.2) is 29.6 Å². The van der Waals surface area contributed by atoms with E-state index in [0.717, 1.165) is 5.56 Å². The highest BCUT2D eigenvalue weighted by Crippen LogP contribution is 2.23. The van der Waals surface area contributed by atoms with Crippen LogP contribution in [0.4, 0.5) is 5.69 Å². The molecule has 0 saturated carbocycles. The minimum Gasteiger partial charge on any atom is -0.393 e. The largest absolute Gasteiger partial charge is 0.393 e. The number of nitrogens with one attached hydrogen (secondary N) is 2. The molecule has 0 aliphatic carbocycles. The first-order valence-corrected chi connectivity index (χ1v) is 6.78. The zero-order valence-electron chi connectivity index (χ0n) is 12.1.